The molecule has 0 spiro atoms. The molecular weight excluding hydrogens is 246 g/mol. The van der Waals surface area contributed by atoms with Crippen LogP contribution in [0.25, 0.3) is 0 Å². The highest BCUT2D eigenvalue weighted by Crippen LogP contribution is 2.31. The first-order chi connectivity index (χ1) is 9.26. The molecule has 2 rings (SSSR count). The van der Waals surface area contributed by atoms with Gasteiger partial charge in [0.1, 0.15) is 0 Å². The fourth-order valence-corrected chi connectivity index (χ4v) is 1.53. The van der Waals surface area contributed by atoms with Crippen molar-refractivity contribution in [3.8, 4) is 17.4 Å². The van der Waals surface area contributed by atoms with E-state index >= 15 is 0 Å². The number of rotatable bonds is 5. The van der Waals surface area contributed by atoms with E-state index in [4.69, 9.17) is 14.6 Å². The molecule has 0 bridgehead atoms. The topological polar surface area (TPSA) is 68.7 Å². The molecule has 5 nitrogen and oxygen atoms in total. The molecule has 0 saturated heterocycles. The monoisotopic (exact) mass is 259 g/mol. The van der Waals surface area contributed by atoms with Crippen molar-refractivity contribution in [1.82, 2.24) is 4.98 Å². The molecule has 0 amide bonds. The molecule has 1 aromatic heterocycles. The third-order valence-corrected chi connectivity index (χ3v) is 2.52. The molecular formula is C14H13NO4. The second-order valence-electron chi connectivity index (χ2n) is 3.79. The minimum atomic E-state index is -0.0665. The molecule has 0 aliphatic rings. The van der Waals surface area contributed by atoms with Crippen LogP contribution in [-0.2, 0) is 6.61 Å². The van der Waals surface area contributed by atoms with Crippen molar-refractivity contribution in [2.24, 2.45) is 0 Å². The van der Waals surface area contributed by atoms with Crippen molar-refractivity contribution in [2.75, 3.05) is 7.11 Å². The number of aliphatic hydroxyl groups excluding tert-OH is 1. The summed E-state index contributed by atoms with van der Waals surface area (Å²) in [5.41, 5.74) is 1.21. The molecule has 1 heterocycles. The number of carbonyl (C=O) groups is 1. The van der Waals surface area contributed by atoms with E-state index in [0.717, 1.165) is 5.56 Å². The van der Waals surface area contributed by atoms with Crippen molar-refractivity contribution in [3.05, 3.63) is 47.7 Å². The molecule has 19 heavy (non-hydrogen) atoms. The summed E-state index contributed by atoms with van der Waals surface area (Å²) < 4.78 is 10.8. The smallest absolute Gasteiger partial charge is 0.219 e. The maximum atomic E-state index is 10.5. The molecule has 0 fully saturated rings. The molecule has 0 saturated carbocycles. The van der Waals surface area contributed by atoms with E-state index in [1.165, 1.54) is 13.3 Å². The number of benzene rings is 1. The van der Waals surface area contributed by atoms with Gasteiger partial charge in [0.25, 0.3) is 0 Å². The quantitative estimate of drug-likeness (QED) is 0.833. The van der Waals surface area contributed by atoms with Gasteiger partial charge >= 0.3 is 0 Å². The molecule has 98 valence electrons. The van der Waals surface area contributed by atoms with Crippen LogP contribution in [0.15, 0.2) is 36.5 Å². The van der Waals surface area contributed by atoms with E-state index in [-0.39, 0.29) is 6.61 Å². The van der Waals surface area contributed by atoms with Gasteiger partial charge in [-0.15, -0.1) is 0 Å². The predicted molar refractivity (Wildman–Crippen MR) is 68.6 cm³/mol. The van der Waals surface area contributed by atoms with Crippen molar-refractivity contribution < 1.29 is 19.4 Å². The van der Waals surface area contributed by atoms with E-state index in [2.05, 4.69) is 4.98 Å². The summed E-state index contributed by atoms with van der Waals surface area (Å²) in [5.74, 6) is 1.36. The number of hydrogen-bond donors (Lipinski definition) is 1. The largest absolute Gasteiger partial charge is 0.493 e. The van der Waals surface area contributed by atoms with Crippen LogP contribution < -0.4 is 9.47 Å². The molecule has 0 aliphatic carbocycles. The average Bonchev–Trinajstić information content (AvgIpc) is 2.48. The van der Waals surface area contributed by atoms with Crippen LogP contribution in [0, 0.1) is 0 Å². The summed E-state index contributed by atoms with van der Waals surface area (Å²) in [4.78, 5) is 14.5. The fraction of sp³-hybridized carbons (Fsp3) is 0.143. The van der Waals surface area contributed by atoms with Gasteiger partial charge in [0.15, 0.2) is 17.8 Å². The van der Waals surface area contributed by atoms with Gasteiger partial charge < -0.3 is 14.6 Å². The van der Waals surface area contributed by atoms with Gasteiger partial charge in [-0.1, -0.05) is 6.07 Å². The number of methoxy groups -OCH3 is 1. The first-order valence-corrected chi connectivity index (χ1v) is 5.63. The lowest BCUT2D eigenvalue weighted by Gasteiger charge is -2.10. The number of aldehydes is 1. The number of hydrogen-bond acceptors (Lipinski definition) is 5. The lowest BCUT2D eigenvalue weighted by molar-refractivity contribution is 0.112. The highest BCUT2D eigenvalue weighted by atomic mass is 16.5. The van der Waals surface area contributed by atoms with E-state index < -0.39 is 0 Å². The second-order valence-corrected chi connectivity index (χ2v) is 3.79. The molecule has 5 heteroatoms. The molecule has 0 atom stereocenters. The minimum absolute atomic E-state index is 0.0665. The Bertz CT molecular complexity index is 566. The lowest BCUT2D eigenvalue weighted by Crippen LogP contribution is -1.94. The summed E-state index contributed by atoms with van der Waals surface area (Å²) >= 11 is 0. The molecule has 0 radical (unpaired) electrons. The Hall–Kier alpha value is -2.40. The van der Waals surface area contributed by atoms with E-state index in [0.29, 0.717) is 29.2 Å². The number of pyridine rings is 1. The molecule has 1 N–H and O–H groups in total. The third-order valence-electron chi connectivity index (χ3n) is 2.52. The Kier molecular flexibility index (Phi) is 4.10. The zero-order chi connectivity index (χ0) is 13.7. The normalized spacial score (nSPS) is 10.0. The Morgan fingerprint density at radius 2 is 2.11 bits per heavy atom. The first-order valence-electron chi connectivity index (χ1n) is 5.63. The Morgan fingerprint density at radius 3 is 2.68 bits per heavy atom. The Labute approximate surface area is 110 Å². The maximum absolute atomic E-state index is 10.5. The maximum Gasteiger partial charge on any atom is 0.219 e. The van der Waals surface area contributed by atoms with Gasteiger partial charge in [-0.05, 0) is 23.8 Å². The fourth-order valence-electron chi connectivity index (χ4n) is 1.53. The molecule has 2 aromatic rings. The minimum Gasteiger partial charge on any atom is -0.493 e. The van der Waals surface area contributed by atoms with Crippen molar-refractivity contribution in [1.29, 1.82) is 0 Å². The van der Waals surface area contributed by atoms with Gasteiger partial charge in [-0.25, -0.2) is 4.98 Å². The van der Waals surface area contributed by atoms with Crippen molar-refractivity contribution in [3.63, 3.8) is 0 Å². The first kappa shape index (κ1) is 13.0. The van der Waals surface area contributed by atoms with Gasteiger partial charge in [-0.2, -0.15) is 0 Å². The highest BCUT2D eigenvalue weighted by Gasteiger charge is 2.07. The summed E-state index contributed by atoms with van der Waals surface area (Å²) in [7, 11) is 1.52. The van der Waals surface area contributed by atoms with E-state index in [9.17, 15) is 4.79 Å². The molecule has 1 aromatic carbocycles. The number of carbonyl (C=O) groups excluding carboxylic acids is 1. The number of aromatic nitrogens is 1. The van der Waals surface area contributed by atoms with Crippen LogP contribution in [-0.4, -0.2) is 23.5 Å². The average molecular weight is 259 g/mol. The van der Waals surface area contributed by atoms with Crippen LogP contribution in [0.3, 0.4) is 0 Å². The van der Waals surface area contributed by atoms with Gasteiger partial charge in [0.05, 0.1) is 13.7 Å². The second kappa shape index (κ2) is 5.97. The van der Waals surface area contributed by atoms with Crippen LogP contribution in [0.2, 0.25) is 0 Å². The number of aliphatic hydroxyl groups is 1. The zero-order valence-corrected chi connectivity index (χ0v) is 10.4. The summed E-state index contributed by atoms with van der Waals surface area (Å²) in [6.07, 6.45) is 2.14. The van der Waals surface area contributed by atoms with Crippen LogP contribution in [0.4, 0.5) is 0 Å². The predicted octanol–water partition coefficient (Wildman–Crippen LogP) is 2.19. The number of nitrogens with zero attached hydrogens (tertiary/aromatic N) is 1. The summed E-state index contributed by atoms with van der Waals surface area (Å²) in [5, 5.41) is 9.05. The van der Waals surface area contributed by atoms with Gasteiger partial charge in [-0.3, -0.25) is 4.79 Å². The van der Waals surface area contributed by atoms with Crippen LogP contribution in [0.1, 0.15) is 15.9 Å². The molecule has 0 aliphatic heterocycles. The van der Waals surface area contributed by atoms with Crippen LogP contribution >= 0.6 is 0 Å². The zero-order valence-electron chi connectivity index (χ0n) is 10.4. The highest BCUT2D eigenvalue weighted by molar-refractivity contribution is 5.74. The van der Waals surface area contributed by atoms with Gasteiger partial charge in [0, 0.05) is 17.8 Å². The third kappa shape index (κ3) is 3.08. The standard InChI is InChI=1S/C14H13NO4/c1-18-13-6-10(8-16)2-4-12(13)19-14-5-3-11(9-17)7-15-14/h2-7,9,16H,8H2,1H3. The summed E-state index contributed by atoms with van der Waals surface area (Å²) in [6, 6.07) is 8.33. The Morgan fingerprint density at radius 1 is 1.26 bits per heavy atom. The SMILES string of the molecule is COc1cc(CO)ccc1Oc1ccc(C=O)cn1. The lowest BCUT2D eigenvalue weighted by atomic mass is 10.2. The Balaban J connectivity index is 2.24. The van der Waals surface area contributed by atoms with Crippen molar-refractivity contribution in [2.45, 2.75) is 6.61 Å². The van der Waals surface area contributed by atoms with E-state index in [1.54, 1.807) is 30.3 Å². The van der Waals surface area contributed by atoms with Gasteiger partial charge in [0.2, 0.25) is 5.88 Å². The summed E-state index contributed by atoms with van der Waals surface area (Å²) in [6.45, 7) is -0.0665. The van der Waals surface area contributed by atoms with E-state index in [1.807, 2.05) is 0 Å². The number of ether oxygens (including phenoxy) is 2. The van der Waals surface area contributed by atoms with Crippen LogP contribution in [0.5, 0.6) is 17.4 Å². The van der Waals surface area contributed by atoms with Crippen molar-refractivity contribution >= 4 is 6.29 Å². The molecule has 0 unspecified atom stereocenters.